The van der Waals surface area contributed by atoms with Crippen molar-refractivity contribution in [2.45, 2.75) is 63.2 Å². The van der Waals surface area contributed by atoms with E-state index >= 15 is 0 Å². The predicted octanol–water partition coefficient (Wildman–Crippen LogP) is 2.37. The van der Waals surface area contributed by atoms with Crippen molar-refractivity contribution in [1.29, 1.82) is 0 Å². The second kappa shape index (κ2) is 6.11. The number of carbonyl (C=O) groups excluding carboxylic acids is 1. The summed E-state index contributed by atoms with van der Waals surface area (Å²) in [6.07, 6.45) is 1.30. The Kier molecular flexibility index (Phi) is 4.71. The predicted molar refractivity (Wildman–Crippen MR) is 65.6 cm³/mol. The lowest BCUT2D eigenvalue weighted by Gasteiger charge is -2.39. The van der Waals surface area contributed by atoms with Crippen molar-refractivity contribution in [3.05, 3.63) is 0 Å². The molecule has 1 saturated heterocycles. The Balaban J connectivity index is 1.74. The second-order valence-electron chi connectivity index (χ2n) is 5.60. The normalized spacial score (nSPS) is 31.6. The third kappa shape index (κ3) is 4.37. The van der Waals surface area contributed by atoms with Crippen molar-refractivity contribution >= 4 is 5.91 Å². The Bertz CT molecular complexity index is 320. The molecule has 2 rings (SSSR count). The van der Waals surface area contributed by atoms with Gasteiger partial charge in [-0.15, -0.1) is 0 Å². The molecule has 0 aromatic heterocycles. The van der Waals surface area contributed by atoms with Gasteiger partial charge in [-0.25, -0.2) is 0 Å². The third-order valence-corrected chi connectivity index (χ3v) is 4.17. The van der Waals surface area contributed by atoms with Crippen LogP contribution in [0.4, 0.5) is 13.2 Å². The number of rotatable bonds is 3. The number of hydrogen-bond donors (Lipinski definition) is 2. The highest BCUT2D eigenvalue weighted by molar-refractivity contribution is 5.81. The van der Waals surface area contributed by atoms with Crippen molar-refractivity contribution in [3.8, 4) is 0 Å². The Morgan fingerprint density at radius 1 is 1.16 bits per heavy atom. The molecule has 0 radical (unpaired) electrons. The van der Waals surface area contributed by atoms with Gasteiger partial charge >= 0.3 is 6.18 Å². The molecule has 110 valence electrons. The van der Waals surface area contributed by atoms with Crippen LogP contribution in [0.5, 0.6) is 0 Å². The Morgan fingerprint density at radius 3 is 2.63 bits per heavy atom. The molecular formula is C13H21F3N2O. The van der Waals surface area contributed by atoms with Gasteiger partial charge in [-0.3, -0.25) is 4.79 Å². The number of carbonyl (C=O) groups is 1. The minimum atomic E-state index is -4.21. The summed E-state index contributed by atoms with van der Waals surface area (Å²) < 4.78 is 36.0. The third-order valence-electron chi connectivity index (χ3n) is 4.17. The fourth-order valence-corrected chi connectivity index (χ4v) is 3.15. The van der Waals surface area contributed by atoms with Crippen molar-refractivity contribution < 1.29 is 18.0 Å². The van der Waals surface area contributed by atoms with Crippen LogP contribution in [-0.4, -0.2) is 30.7 Å². The van der Waals surface area contributed by atoms with Gasteiger partial charge in [0, 0.05) is 12.6 Å². The molecule has 1 aliphatic heterocycles. The summed E-state index contributed by atoms with van der Waals surface area (Å²) in [5.41, 5.74) is 0. The molecule has 1 amide bonds. The lowest BCUT2D eigenvalue weighted by Crippen LogP contribution is -2.55. The van der Waals surface area contributed by atoms with E-state index in [4.69, 9.17) is 0 Å². The summed E-state index contributed by atoms with van der Waals surface area (Å²) in [6.45, 7) is -0.325. The van der Waals surface area contributed by atoms with Crippen molar-refractivity contribution in [1.82, 2.24) is 10.6 Å². The average Bonchev–Trinajstić information content (AvgIpc) is 2.36. The summed E-state index contributed by atoms with van der Waals surface area (Å²) in [7, 11) is 0. The number of halogens is 3. The zero-order chi connectivity index (χ0) is 13.9. The fourth-order valence-electron chi connectivity index (χ4n) is 3.15. The number of amides is 1. The van der Waals surface area contributed by atoms with E-state index in [9.17, 15) is 18.0 Å². The molecule has 2 N–H and O–H groups in total. The van der Waals surface area contributed by atoms with E-state index in [0.717, 1.165) is 19.3 Å². The van der Waals surface area contributed by atoms with Crippen molar-refractivity contribution in [2.75, 3.05) is 6.54 Å². The van der Waals surface area contributed by atoms with Gasteiger partial charge in [0.1, 0.15) is 0 Å². The molecule has 0 aromatic carbocycles. The van der Waals surface area contributed by atoms with Crippen LogP contribution in [0.25, 0.3) is 0 Å². The SMILES string of the molecule is O=C(NCCC(F)(F)F)C1CCC2CCCCC2N1. The Labute approximate surface area is 111 Å². The summed E-state index contributed by atoms with van der Waals surface area (Å²) >= 11 is 0. The Hall–Kier alpha value is -0.780. The van der Waals surface area contributed by atoms with Crippen molar-refractivity contribution in [3.63, 3.8) is 0 Å². The molecule has 1 aliphatic carbocycles. The first-order valence-electron chi connectivity index (χ1n) is 7.06. The van der Waals surface area contributed by atoms with Crippen LogP contribution in [0.3, 0.4) is 0 Å². The first-order valence-corrected chi connectivity index (χ1v) is 7.06. The summed E-state index contributed by atoms with van der Waals surface area (Å²) in [6, 6.07) is 0.0634. The van der Waals surface area contributed by atoms with E-state index < -0.39 is 12.6 Å². The molecule has 3 nitrogen and oxygen atoms in total. The van der Waals surface area contributed by atoms with Gasteiger partial charge in [-0.05, 0) is 31.6 Å². The van der Waals surface area contributed by atoms with Crippen LogP contribution >= 0.6 is 0 Å². The van der Waals surface area contributed by atoms with Gasteiger partial charge in [0.2, 0.25) is 5.91 Å². The van der Waals surface area contributed by atoms with Crippen LogP contribution in [0.15, 0.2) is 0 Å². The van der Waals surface area contributed by atoms with E-state index in [2.05, 4.69) is 10.6 Å². The molecule has 0 spiro atoms. The summed E-state index contributed by atoms with van der Waals surface area (Å²) in [5, 5.41) is 5.69. The maximum Gasteiger partial charge on any atom is 0.390 e. The molecule has 1 heterocycles. The second-order valence-corrected chi connectivity index (χ2v) is 5.60. The van der Waals surface area contributed by atoms with E-state index in [1.165, 1.54) is 19.3 Å². The standard InChI is InChI=1S/C13H21F3N2O/c14-13(15,16)7-8-17-12(19)11-6-5-9-3-1-2-4-10(9)18-11/h9-11,18H,1-8H2,(H,17,19). The van der Waals surface area contributed by atoms with Crippen molar-refractivity contribution in [2.24, 2.45) is 5.92 Å². The maximum atomic E-state index is 12.0. The van der Waals surface area contributed by atoms with Gasteiger partial charge in [0.15, 0.2) is 0 Å². The minimum absolute atomic E-state index is 0.284. The summed E-state index contributed by atoms with van der Waals surface area (Å²) in [4.78, 5) is 11.8. The van der Waals surface area contributed by atoms with Gasteiger partial charge in [-0.2, -0.15) is 13.2 Å². The van der Waals surface area contributed by atoms with E-state index in [-0.39, 0.29) is 18.5 Å². The zero-order valence-electron chi connectivity index (χ0n) is 10.9. The number of alkyl halides is 3. The van der Waals surface area contributed by atoms with Crippen LogP contribution in [0.1, 0.15) is 44.9 Å². The largest absolute Gasteiger partial charge is 0.390 e. The molecule has 3 unspecified atom stereocenters. The lowest BCUT2D eigenvalue weighted by atomic mass is 9.77. The summed E-state index contributed by atoms with van der Waals surface area (Å²) in [5.74, 6) is 0.362. The Morgan fingerprint density at radius 2 is 1.89 bits per heavy atom. The smallest absolute Gasteiger partial charge is 0.354 e. The van der Waals surface area contributed by atoms with Crippen LogP contribution in [0, 0.1) is 5.92 Å². The molecule has 1 saturated carbocycles. The molecular weight excluding hydrogens is 257 g/mol. The van der Waals surface area contributed by atoms with E-state index in [0.29, 0.717) is 12.0 Å². The molecule has 2 fully saturated rings. The first kappa shape index (κ1) is 14.6. The zero-order valence-corrected chi connectivity index (χ0v) is 10.9. The molecule has 0 aromatic rings. The van der Waals surface area contributed by atoms with Gasteiger partial charge in [0.05, 0.1) is 12.5 Å². The highest BCUT2D eigenvalue weighted by Crippen LogP contribution is 2.32. The van der Waals surface area contributed by atoms with E-state index in [1.807, 2.05) is 0 Å². The minimum Gasteiger partial charge on any atom is -0.354 e. The van der Waals surface area contributed by atoms with Crippen LogP contribution in [0.2, 0.25) is 0 Å². The van der Waals surface area contributed by atoms with Gasteiger partial charge in [0.25, 0.3) is 0 Å². The van der Waals surface area contributed by atoms with Gasteiger partial charge < -0.3 is 10.6 Å². The highest BCUT2D eigenvalue weighted by atomic mass is 19.4. The number of fused-ring (bicyclic) bond motifs is 1. The van der Waals surface area contributed by atoms with Gasteiger partial charge in [-0.1, -0.05) is 12.8 Å². The topological polar surface area (TPSA) is 41.1 Å². The maximum absolute atomic E-state index is 12.0. The fraction of sp³-hybridized carbons (Fsp3) is 0.923. The number of nitrogens with one attached hydrogen (secondary N) is 2. The number of piperidine rings is 1. The highest BCUT2D eigenvalue weighted by Gasteiger charge is 2.34. The van der Waals surface area contributed by atoms with Crippen LogP contribution in [-0.2, 0) is 4.79 Å². The number of hydrogen-bond acceptors (Lipinski definition) is 2. The monoisotopic (exact) mass is 278 g/mol. The quantitative estimate of drug-likeness (QED) is 0.832. The molecule has 6 heteroatoms. The molecule has 2 aliphatic rings. The van der Waals surface area contributed by atoms with Crippen LogP contribution < -0.4 is 10.6 Å². The lowest BCUT2D eigenvalue weighted by molar-refractivity contribution is -0.136. The molecule has 0 bridgehead atoms. The molecule has 19 heavy (non-hydrogen) atoms. The van der Waals surface area contributed by atoms with E-state index in [1.54, 1.807) is 0 Å². The molecule has 3 atom stereocenters. The average molecular weight is 278 g/mol. The first-order chi connectivity index (χ1) is 8.96.